The van der Waals surface area contributed by atoms with Gasteiger partial charge in [-0.1, -0.05) is 19.3 Å². The van der Waals surface area contributed by atoms with Crippen molar-refractivity contribution in [3.8, 4) is 0 Å². The molecular weight excluding hydrogens is 256 g/mol. The van der Waals surface area contributed by atoms with Crippen LogP contribution in [0, 0.1) is 11.3 Å². The molecule has 20 heavy (non-hydrogen) atoms. The Hall–Kier alpha value is -1.26. The Bertz CT molecular complexity index is 407. The van der Waals surface area contributed by atoms with Gasteiger partial charge in [0.05, 0.1) is 0 Å². The van der Waals surface area contributed by atoms with Gasteiger partial charge in [0.25, 0.3) is 0 Å². The summed E-state index contributed by atoms with van der Waals surface area (Å²) >= 11 is 0. The van der Waals surface area contributed by atoms with Crippen LogP contribution >= 0.6 is 0 Å². The summed E-state index contributed by atoms with van der Waals surface area (Å²) < 4.78 is 0. The number of carboxylic acids is 1. The maximum absolute atomic E-state index is 12.1. The Morgan fingerprint density at radius 3 is 2.20 bits per heavy atom. The Morgan fingerprint density at radius 1 is 1.05 bits per heavy atom. The molecule has 0 saturated heterocycles. The molecule has 0 heterocycles. The van der Waals surface area contributed by atoms with E-state index in [1.807, 2.05) is 0 Å². The maximum Gasteiger partial charge on any atom is 0.329 e. The molecular formula is C15H24N2O3. The summed E-state index contributed by atoms with van der Waals surface area (Å²) in [7, 11) is 0. The van der Waals surface area contributed by atoms with Gasteiger partial charge in [-0.2, -0.15) is 0 Å². The lowest BCUT2D eigenvalue weighted by Crippen LogP contribution is -2.58. The third kappa shape index (κ3) is 2.63. The van der Waals surface area contributed by atoms with Crippen molar-refractivity contribution in [2.75, 3.05) is 6.54 Å². The van der Waals surface area contributed by atoms with Crippen molar-refractivity contribution in [1.29, 1.82) is 0 Å². The first-order chi connectivity index (χ1) is 9.56. The van der Waals surface area contributed by atoms with E-state index in [-0.39, 0.29) is 6.03 Å². The molecule has 0 aromatic carbocycles. The zero-order valence-corrected chi connectivity index (χ0v) is 11.9. The van der Waals surface area contributed by atoms with Crippen LogP contribution in [0.4, 0.5) is 4.79 Å². The van der Waals surface area contributed by atoms with Gasteiger partial charge in [-0.25, -0.2) is 9.59 Å². The van der Waals surface area contributed by atoms with Crippen LogP contribution in [0.25, 0.3) is 0 Å². The van der Waals surface area contributed by atoms with Crippen LogP contribution in [0.1, 0.15) is 57.8 Å². The molecule has 0 aliphatic heterocycles. The number of hydrogen-bond acceptors (Lipinski definition) is 2. The quantitative estimate of drug-likeness (QED) is 0.723. The summed E-state index contributed by atoms with van der Waals surface area (Å²) in [5, 5.41) is 15.1. The molecule has 0 atom stereocenters. The summed E-state index contributed by atoms with van der Waals surface area (Å²) in [6.45, 7) is 0.708. The molecule has 3 N–H and O–H groups in total. The first kappa shape index (κ1) is 13.7. The zero-order valence-electron chi connectivity index (χ0n) is 11.9. The van der Waals surface area contributed by atoms with Crippen molar-refractivity contribution in [2.24, 2.45) is 11.3 Å². The molecule has 0 aromatic rings. The Morgan fingerprint density at radius 2 is 1.70 bits per heavy atom. The number of aliphatic carboxylic acids is 1. The Labute approximate surface area is 119 Å². The Balaban J connectivity index is 1.52. The predicted octanol–water partition coefficient (Wildman–Crippen LogP) is 2.26. The van der Waals surface area contributed by atoms with Gasteiger partial charge in [0, 0.05) is 6.54 Å². The number of rotatable bonds is 5. The van der Waals surface area contributed by atoms with Crippen LogP contribution in [-0.2, 0) is 4.79 Å². The van der Waals surface area contributed by atoms with Gasteiger partial charge in [-0.05, 0) is 49.9 Å². The van der Waals surface area contributed by atoms with E-state index in [4.69, 9.17) is 0 Å². The second-order valence-electron chi connectivity index (χ2n) is 6.89. The van der Waals surface area contributed by atoms with E-state index in [0.29, 0.717) is 24.8 Å². The summed E-state index contributed by atoms with van der Waals surface area (Å²) in [5.74, 6) is -0.0957. The van der Waals surface area contributed by atoms with Crippen molar-refractivity contribution in [3.05, 3.63) is 0 Å². The van der Waals surface area contributed by atoms with Crippen LogP contribution in [0.15, 0.2) is 0 Å². The topological polar surface area (TPSA) is 78.4 Å². The van der Waals surface area contributed by atoms with Crippen LogP contribution < -0.4 is 10.6 Å². The van der Waals surface area contributed by atoms with Crippen LogP contribution in [0.2, 0.25) is 0 Å². The van der Waals surface area contributed by atoms with Gasteiger partial charge in [0.1, 0.15) is 5.54 Å². The van der Waals surface area contributed by atoms with E-state index < -0.39 is 11.5 Å². The van der Waals surface area contributed by atoms with Crippen LogP contribution in [0.3, 0.4) is 0 Å². The fraction of sp³-hybridized carbons (Fsp3) is 0.867. The predicted molar refractivity (Wildman–Crippen MR) is 74.4 cm³/mol. The molecule has 3 fully saturated rings. The van der Waals surface area contributed by atoms with E-state index in [0.717, 1.165) is 25.2 Å². The van der Waals surface area contributed by atoms with Gasteiger partial charge in [0.2, 0.25) is 0 Å². The zero-order chi connectivity index (χ0) is 14.2. The molecule has 0 aromatic heterocycles. The molecule has 3 aliphatic rings. The SMILES string of the molecule is O=C(NCC1(C2CC2)CC1)NC1(C(=O)O)CCCCC1. The lowest BCUT2D eigenvalue weighted by molar-refractivity contribution is -0.145. The summed E-state index contributed by atoms with van der Waals surface area (Å²) in [5.41, 5.74) is -0.696. The number of urea groups is 1. The monoisotopic (exact) mass is 280 g/mol. The summed E-state index contributed by atoms with van der Waals surface area (Å²) in [6.07, 6.45) is 8.90. The molecule has 5 nitrogen and oxygen atoms in total. The van der Waals surface area contributed by atoms with Crippen LogP contribution in [-0.4, -0.2) is 29.2 Å². The molecule has 3 rings (SSSR count). The summed E-state index contributed by atoms with van der Waals surface area (Å²) in [4.78, 5) is 23.6. The van der Waals surface area contributed by atoms with E-state index in [2.05, 4.69) is 10.6 Å². The molecule has 112 valence electrons. The molecule has 3 aliphatic carbocycles. The highest BCUT2D eigenvalue weighted by molar-refractivity contribution is 5.86. The van der Waals surface area contributed by atoms with Crippen molar-refractivity contribution < 1.29 is 14.7 Å². The second-order valence-corrected chi connectivity index (χ2v) is 6.89. The fourth-order valence-electron chi connectivity index (χ4n) is 3.65. The number of hydrogen-bond donors (Lipinski definition) is 3. The average molecular weight is 280 g/mol. The number of nitrogens with one attached hydrogen (secondary N) is 2. The second kappa shape index (κ2) is 4.93. The highest BCUT2D eigenvalue weighted by atomic mass is 16.4. The fourth-order valence-corrected chi connectivity index (χ4v) is 3.65. The molecule has 0 radical (unpaired) electrons. The number of carbonyl (C=O) groups is 2. The lowest BCUT2D eigenvalue weighted by atomic mass is 9.82. The van der Waals surface area contributed by atoms with Crippen molar-refractivity contribution >= 4 is 12.0 Å². The Kier molecular flexibility index (Phi) is 3.38. The maximum atomic E-state index is 12.1. The first-order valence-corrected chi connectivity index (χ1v) is 7.86. The number of carboxylic acid groups (broad SMARTS) is 1. The highest BCUT2D eigenvalue weighted by Gasteiger charge is 2.53. The molecule has 3 saturated carbocycles. The minimum atomic E-state index is -1.04. The summed E-state index contributed by atoms with van der Waals surface area (Å²) in [6, 6.07) is -0.304. The van der Waals surface area contributed by atoms with E-state index in [1.54, 1.807) is 0 Å². The van der Waals surface area contributed by atoms with E-state index in [1.165, 1.54) is 25.7 Å². The minimum Gasteiger partial charge on any atom is -0.480 e. The van der Waals surface area contributed by atoms with Gasteiger partial charge in [-0.3, -0.25) is 0 Å². The van der Waals surface area contributed by atoms with Gasteiger partial charge < -0.3 is 15.7 Å². The normalized spacial score (nSPS) is 26.6. The molecule has 5 heteroatoms. The van der Waals surface area contributed by atoms with Gasteiger partial charge in [-0.15, -0.1) is 0 Å². The van der Waals surface area contributed by atoms with Crippen molar-refractivity contribution in [2.45, 2.75) is 63.3 Å². The highest BCUT2D eigenvalue weighted by Crippen LogP contribution is 2.60. The lowest BCUT2D eigenvalue weighted by Gasteiger charge is -2.34. The molecule has 0 spiro atoms. The standard InChI is InChI=1S/C15H24N2O3/c18-12(19)15(6-2-1-3-7-15)17-13(20)16-10-14(8-9-14)11-4-5-11/h11H,1-10H2,(H,18,19)(H2,16,17,20). The third-order valence-electron chi connectivity index (χ3n) is 5.41. The smallest absolute Gasteiger partial charge is 0.329 e. The average Bonchev–Trinajstić information content (AvgIpc) is 3.28. The largest absolute Gasteiger partial charge is 0.480 e. The first-order valence-electron chi connectivity index (χ1n) is 7.86. The minimum absolute atomic E-state index is 0.304. The van der Waals surface area contributed by atoms with E-state index in [9.17, 15) is 14.7 Å². The van der Waals surface area contributed by atoms with Crippen molar-refractivity contribution in [3.63, 3.8) is 0 Å². The molecule has 0 unspecified atom stereocenters. The molecule has 2 amide bonds. The van der Waals surface area contributed by atoms with E-state index >= 15 is 0 Å². The molecule has 0 bridgehead atoms. The van der Waals surface area contributed by atoms with Crippen molar-refractivity contribution in [1.82, 2.24) is 10.6 Å². The number of amides is 2. The number of carbonyl (C=O) groups excluding carboxylic acids is 1. The van der Waals surface area contributed by atoms with Crippen LogP contribution in [0.5, 0.6) is 0 Å². The van der Waals surface area contributed by atoms with Gasteiger partial charge in [0.15, 0.2) is 0 Å². The third-order valence-corrected chi connectivity index (χ3v) is 5.41. The van der Waals surface area contributed by atoms with Gasteiger partial charge >= 0.3 is 12.0 Å².